The fourth-order valence-electron chi connectivity index (χ4n) is 1.27. The van der Waals surface area contributed by atoms with Crippen LogP contribution >= 0.6 is 0 Å². The molecule has 1 rings (SSSR count). The standard InChI is InChI=1S/C12H16FNO2/c1-9(8-15)14(2)12(16)7-10-3-5-11(13)6-4-10/h3-6,9,15H,7-8H2,1-2H3. The summed E-state index contributed by atoms with van der Waals surface area (Å²) in [6.45, 7) is 1.70. The van der Waals surface area contributed by atoms with Crippen molar-refractivity contribution in [2.24, 2.45) is 0 Å². The molecule has 0 saturated carbocycles. The van der Waals surface area contributed by atoms with Crippen molar-refractivity contribution in [2.75, 3.05) is 13.7 Å². The largest absolute Gasteiger partial charge is 0.394 e. The summed E-state index contributed by atoms with van der Waals surface area (Å²) in [6.07, 6.45) is 0.223. The van der Waals surface area contributed by atoms with E-state index in [1.165, 1.54) is 17.0 Å². The van der Waals surface area contributed by atoms with Crippen molar-refractivity contribution in [1.82, 2.24) is 4.90 Å². The van der Waals surface area contributed by atoms with Gasteiger partial charge >= 0.3 is 0 Å². The summed E-state index contributed by atoms with van der Waals surface area (Å²) in [4.78, 5) is 13.2. The highest BCUT2D eigenvalue weighted by Gasteiger charge is 2.14. The molecule has 4 heteroatoms. The Bertz CT molecular complexity index is 351. The fraction of sp³-hybridized carbons (Fsp3) is 0.417. The molecule has 1 amide bonds. The maximum atomic E-state index is 12.6. The first-order chi connectivity index (χ1) is 7.54. The minimum absolute atomic E-state index is 0.0638. The van der Waals surface area contributed by atoms with Gasteiger partial charge in [-0.1, -0.05) is 12.1 Å². The summed E-state index contributed by atoms with van der Waals surface area (Å²) in [7, 11) is 1.65. The number of likely N-dealkylation sites (N-methyl/N-ethyl adjacent to an activating group) is 1. The highest BCUT2D eigenvalue weighted by molar-refractivity contribution is 5.78. The van der Waals surface area contributed by atoms with Gasteiger partial charge in [0.1, 0.15) is 5.82 Å². The van der Waals surface area contributed by atoms with Crippen LogP contribution in [0.25, 0.3) is 0 Å². The van der Waals surface area contributed by atoms with E-state index in [4.69, 9.17) is 5.11 Å². The van der Waals surface area contributed by atoms with Gasteiger partial charge in [0.2, 0.25) is 5.91 Å². The number of halogens is 1. The number of hydrogen-bond donors (Lipinski definition) is 1. The third-order valence-corrected chi connectivity index (χ3v) is 2.59. The zero-order valence-corrected chi connectivity index (χ0v) is 9.48. The highest BCUT2D eigenvalue weighted by atomic mass is 19.1. The summed E-state index contributed by atoms with van der Waals surface area (Å²) in [5.74, 6) is -0.401. The number of aliphatic hydroxyl groups excluding tert-OH is 1. The number of carbonyl (C=O) groups is 1. The molecule has 0 spiro atoms. The zero-order chi connectivity index (χ0) is 12.1. The topological polar surface area (TPSA) is 40.5 Å². The number of amides is 1. The second-order valence-electron chi connectivity index (χ2n) is 3.84. The van der Waals surface area contributed by atoms with Crippen molar-refractivity contribution >= 4 is 5.91 Å². The van der Waals surface area contributed by atoms with Crippen LogP contribution in [0, 0.1) is 5.82 Å². The Kier molecular flexibility index (Phi) is 4.43. The Morgan fingerprint density at radius 2 is 2.00 bits per heavy atom. The summed E-state index contributed by atoms with van der Waals surface area (Å²) in [5.41, 5.74) is 0.767. The van der Waals surface area contributed by atoms with Crippen LogP contribution in [-0.2, 0) is 11.2 Å². The number of nitrogens with zero attached hydrogens (tertiary/aromatic N) is 1. The number of rotatable bonds is 4. The summed E-state index contributed by atoms with van der Waals surface area (Å²) < 4.78 is 12.6. The molecule has 0 radical (unpaired) electrons. The van der Waals surface area contributed by atoms with E-state index in [0.29, 0.717) is 0 Å². The Labute approximate surface area is 94.5 Å². The second kappa shape index (κ2) is 5.61. The number of aliphatic hydroxyl groups is 1. The lowest BCUT2D eigenvalue weighted by atomic mass is 10.1. The van der Waals surface area contributed by atoms with Crippen molar-refractivity contribution in [1.29, 1.82) is 0 Å². The van der Waals surface area contributed by atoms with E-state index in [9.17, 15) is 9.18 Å². The molecule has 0 aliphatic carbocycles. The third-order valence-electron chi connectivity index (χ3n) is 2.59. The zero-order valence-electron chi connectivity index (χ0n) is 9.48. The Hall–Kier alpha value is -1.42. The van der Waals surface area contributed by atoms with Gasteiger partial charge in [0.15, 0.2) is 0 Å². The number of hydrogen-bond acceptors (Lipinski definition) is 2. The van der Waals surface area contributed by atoms with Gasteiger partial charge in [-0.3, -0.25) is 4.79 Å². The van der Waals surface area contributed by atoms with Gasteiger partial charge in [0, 0.05) is 7.05 Å². The van der Waals surface area contributed by atoms with Crippen molar-refractivity contribution in [2.45, 2.75) is 19.4 Å². The van der Waals surface area contributed by atoms with Crippen molar-refractivity contribution in [3.8, 4) is 0 Å². The lowest BCUT2D eigenvalue weighted by molar-refractivity contribution is -0.131. The molecule has 0 aliphatic rings. The molecule has 0 saturated heterocycles. The molecule has 1 aromatic rings. The molecule has 1 unspecified atom stereocenters. The average molecular weight is 225 g/mol. The van der Waals surface area contributed by atoms with Crippen LogP contribution in [0.5, 0.6) is 0 Å². The predicted octanol–water partition coefficient (Wildman–Crippen LogP) is 1.21. The van der Waals surface area contributed by atoms with Crippen LogP contribution in [0.4, 0.5) is 4.39 Å². The number of benzene rings is 1. The first-order valence-electron chi connectivity index (χ1n) is 5.15. The van der Waals surface area contributed by atoms with Crippen LogP contribution < -0.4 is 0 Å². The smallest absolute Gasteiger partial charge is 0.227 e. The maximum absolute atomic E-state index is 12.6. The quantitative estimate of drug-likeness (QED) is 0.836. The molecule has 1 N–H and O–H groups in total. The van der Waals surface area contributed by atoms with E-state index >= 15 is 0 Å². The lowest BCUT2D eigenvalue weighted by Crippen LogP contribution is -2.38. The summed E-state index contributed by atoms with van der Waals surface area (Å²) in [6, 6.07) is 5.64. The van der Waals surface area contributed by atoms with E-state index < -0.39 is 0 Å². The molecule has 1 aromatic carbocycles. The van der Waals surface area contributed by atoms with Crippen LogP contribution in [0.1, 0.15) is 12.5 Å². The molecule has 0 bridgehead atoms. The third kappa shape index (κ3) is 3.31. The van der Waals surface area contributed by atoms with Crippen LogP contribution in [0.3, 0.4) is 0 Å². The van der Waals surface area contributed by atoms with Crippen LogP contribution in [0.15, 0.2) is 24.3 Å². The molecule has 0 aliphatic heterocycles. The SMILES string of the molecule is CC(CO)N(C)C(=O)Cc1ccc(F)cc1. The van der Waals surface area contributed by atoms with Crippen LogP contribution in [-0.4, -0.2) is 35.6 Å². The molecule has 3 nitrogen and oxygen atoms in total. The maximum Gasteiger partial charge on any atom is 0.227 e. The molecule has 1 atom stereocenters. The van der Waals surface area contributed by atoms with E-state index in [2.05, 4.69) is 0 Å². The highest BCUT2D eigenvalue weighted by Crippen LogP contribution is 2.06. The van der Waals surface area contributed by atoms with E-state index in [1.807, 2.05) is 0 Å². The average Bonchev–Trinajstić information content (AvgIpc) is 2.30. The van der Waals surface area contributed by atoms with Gasteiger partial charge in [-0.15, -0.1) is 0 Å². The molecule has 0 aromatic heterocycles. The molecule has 0 fully saturated rings. The molecule has 16 heavy (non-hydrogen) atoms. The Balaban J connectivity index is 2.60. The van der Waals surface area contributed by atoms with Crippen molar-refractivity contribution in [3.63, 3.8) is 0 Å². The monoisotopic (exact) mass is 225 g/mol. The minimum Gasteiger partial charge on any atom is -0.394 e. The van der Waals surface area contributed by atoms with Gasteiger partial charge in [-0.25, -0.2) is 4.39 Å². The van der Waals surface area contributed by atoms with Crippen molar-refractivity contribution in [3.05, 3.63) is 35.6 Å². The van der Waals surface area contributed by atoms with Gasteiger partial charge in [-0.05, 0) is 24.6 Å². The van der Waals surface area contributed by atoms with Gasteiger partial charge < -0.3 is 10.0 Å². The van der Waals surface area contributed by atoms with Gasteiger partial charge in [0.25, 0.3) is 0 Å². The molecular weight excluding hydrogens is 209 g/mol. The minimum atomic E-state index is -0.312. The molecule has 0 heterocycles. The van der Waals surface area contributed by atoms with E-state index in [-0.39, 0.29) is 30.8 Å². The molecule has 88 valence electrons. The van der Waals surface area contributed by atoms with Crippen LogP contribution in [0.2, 0.25) is 0 Å². The van der Waals surface area contributed by atoms with Crippen molar-refractivity contribution < 1.29 is 14.3 Å². The number of carbonyl (C=O) groups excluding carboxylic acids is 1. The Morgan fingerprint density at radius 1 is 1.44 bits per heavy atom. The Morgan fingerprint density at radius 3 is 2.50 bits per heavy atom. The normalized spacial score (nSPS) is 12.2. The van der Waals surface area contributed by atoms with Gasteiger partial charge in [0.05, 0.1) is 19.1 Å². The fourth-order valence-corrected chi connectivity index (χ4v) is 1.27. The predicted molar refractivity (Wildman–Crippen MR) is 59.4 cm³/mol. The van der Waals surface area contributed by atoms with Gasteiger partial charge in [-0.2, -0.15) is 0 Å². The first-order valence-corrected chi connectivity index (χ1v) is 5.15. The summed E-state index contributed by atoms with van der Waals surface area (Å²) >= 11 is 0. The molecular formula is C12H16FNO2. The second-order valence-corrected chi connectivity index (χ2v) is 3.84. The lowest BCUT2D eigenvalue weighted by Gasteiger charge is -2.23. The van der Waals surface area contributed by atoms with E-state index in [0.717, 1.165) is 5.56 Å². The first kappa shape index (κ1) is 12.6. The summed E-state index contributed by atoms with van der Waals surface area (Å²) in [5, 5.41) is 8.91. The van der Waals surface area contributed by atoms with E-state index in [1.54, 1.807) is 26.1 Å².